The fraction of sp³-hybridized carbons (Fsp3) is 0.462. The molecule has 0 aliphatic carbocycles. The van der Waals surface area contributed by atoms with Gasteiger partial charge in [-0.1, -0.05) is 0 Å². The Balaban J connectivity index is 1.78. The van der Waals surface area contributed by atoms with Crippen LogP contribution in [0.25, 0.3) is 0 Å². The molecule has 1 aromatic carbocycles. The molecule has 1 fully saturated rings. The Bertz CT molecular complexity index is 508. The Morgan fingerprint density at radius 3 is 2.62 bits per heavy atom. The number of amides is 2. The maximum absolute atomic E-state index is 13.4. The van der Waals surface area contributed by atoms with Crippen LogP contribution in [0.4, 0.5) is 23.7 Å². The summed E-state index contributed by atoms with van der Waals surface area (Å²) in [5, 5.41) is 4.67. The number of halogens is 3. The van der Waals surface area contributed by atoms with Crippen molar-refractivity contribution in [2.24, 2.45) is 0 Å². The van der Waals surface area contributed by atoms with E-state index >= 15 is 0 Å². The number of carbonyl (C=O) groups is 1. The normalized spacial score (nSPS) is 15.8. The van der Waals surface area contributed by atoms with Gasteiger partial charge in [-0.2, -0.15) is 0 Å². The third kappa shape index (κ3) is 4.33. The Morgan fingerprint density at radius 1 is 1.19 bits per heavy atom. The van der Waals surface area contributed by atoms with Crippen molar-refractivity contribution < 1.29 is 22.7 Å². The molecular formula is C13H16F3N3O2. The molecule has 0 bridgehead atoms. The lowest BCUT2D eigenvalue weighted by molar-refractivity contribution is 0.0388. The number of anilines is 1. The summed E-state index contributed by atoms with van der Waals surface area (Å²) in [6.45, 7) is 3.90. The zero-order chi connectivity index (χ0) is 15.2. The fourth-order valence-corrected chi connectivity index (χ4v) is 1.94. The van der Waals surface area contributed by atoms with E-state index in [2.05, 4.69) is 15.5 Å². The Kier molecular flexibility index (Phi) is 5.40. The molecule has 5 nitrogen and oxygen atoms in total. The minimum atomic E-state index is -1.61. The minimum absolute atomic E-state index is 0.358. The molecule has 1 aromatic rings. The molecule has 0 unspecified atom stereocenters. The van der Waals surface area contributed by atoms with Crippen molar-refractivity contribution in [1.82, 2.24) is 10.2 Å². The highest BCUT2D eigenvalue weighted by Crippen LogP contribution is 2.19. The number of nitrogens with zero attached hydrogens (tertiary/aromatic N) is 1. The average molecular weight is 303 g/mol. The van der Waals surface area contributed by atoms with Gasteiger partial charge in [0.2, 0.25) is 0 Å². The van der Waals surface area contributed by atoms with Crippen molar-refractivity contribution in [2.45, 2.75) is 0 Å². The van der Waals surface area contributed by atoms with Crippen LogP contribution in [-0.2, 0) is 4.74 Å². The molecule has 21 heavy (non-hydrogen) atoms. The monoisotopic (exact) mass is 303 g/mol. The summed E-state index contributed by atoms with van der Waals surface area (Å²) in [7, 11) is 0. The van der Waals surface area contributed by atoms with E-state index in [1.165, 1.54) is 0 Å². The van der Waals surface area contributed by atoms with Gasteiger partial charge < -0.3 is 15.4 Å². The smallest absolute Gasteiger partial charge is 0.319 e. The van der Waals surface area contributed by atoms with Crippen molar-refractivity contribution in [3.63, 3.8) is 0 Å². The summed E-state index contributed by atoms with van der Waals surface area (Å²) in [5.41, 5.74) is -0.405. The Hall–Kier alpha value is -1.80. The first-order valence-corrected chi connectivity index (χ1v) is 6.56. The van der Waals surface area contributed by atoms with Gasteiger partial charge in [-0.05, 0) is 12.1 Å². The molecule has 2 N–H and O–H groups in total. The number of urea groups is 1. The SMILES string of the molecule is O=C(NCCN1CCOCC1)Nc1ccc(F)c(F)c1F. The van der Waals surface area contributed by atoms with Gasteiger partial charge in [-0.3, -0.25) is 4.90 Å². The predicted molar refractivity (Wildman–Crippen MR) is 70.6 cm³/mol. The first-order valence-electron chi connectivity index (χ1n) is 6.56. The van der Waals surface area contributed by atoms with Gasteiger partial charge in [0.1, 0.15) is 0 Å². The largest absolute Gasteiger partial charge is 0.379 e. The zero-order valence-electron chi connectivity index (χ0n) is 11.3. The van der Waals surface area contributed by atoms with E-state index in [0.717, 1.165) is 25.2 Å². The van der Waals surface area contributed by atoms with Crippen molar-refractivity contribution >= 4 is 11.7 Å². The molecule has 8 heteroatoms. The quantitative estimate of drug-likeness (QED) is 0.830. The lowest BCUT2D eigenvalue weighted by Crippen LogP contribution is -2.42. The van der Waals surface area contributed by atoms with E-state index in [1.54, 1.807) is 0 Å². The van der Waals surface area contributed by atoms with Crippen molar-refractivity contribution in [2.75, 3.05) is 44.7 Å². The number of ether oxygens (including phenoxy) is 1. The number of benzene rings is 1. The molecule has 0 aromatic heterocycles. The van der Waals surface area contributed by atoms with Crippen LogP contribution in [0.3, 0.4) is 0 Å². The molecule has 116 valence electrons. The van der Waals surface area contributed by atoms with E-state index in [1.807, 2.05) is 0 Å². The van der Waals surface area contributed by atoms with Gasteiger partial charge in [-0.15, -0.1) is 0 Å². The second-order valence-corrected chi connectivity index (χ2v) is 4.56. The van der Waals surface area contributed by atoms with Crippen LogP contribution >= 0.6 is 0 Å². The van der Waals surface area contributed by atoms with Crippen LogP contribution in [0.2, 0.25) is 0 Å². The van der Waals surface area contributed by atoms with Crippen LogP contribution in [0.5, 0.6) is 0 Å². The summed E-state index contributed by atoms with van der Waals surface area (Å²) in [5.74, 6) is -4.33. The first kappa shape index (κ1) is 15.6. The molecule has 1 heterocycles. The molecule has 2 rings (SSSR count). The molecular weight excluding hydrogens is 287 g/mol. The number of nitrogens with one attached hydrogen (secondary N) is 2. The van der Waals surface area contributed by atoms with Crippen LogP contribution in [-0.4, -0.2) is 50.3 Å². The van der Waals surface area contributed by atoms with Crippen LogP contribution < -0.4 is 10.6 Å². The summed E-state index contributed by atoms with van der Waals surface area (Å²) < 4.78 is 44.3. The van der Waals surface area contributed by atoms with E-state index < -0.39 is 29.2 Å². The molecule has 0 radical (unpaired) electrons. The highest BCUT2D eigenvalue weighted by Gasteiger charge is 2.15. The van der Waals surface area contributed by atoms with Gasteiger partial charge in [0.05, 0.1) is 18.9 Å². The highest BCUT2D eigenvalue weighted by molar-refractivity contribution is 5.89. The van der Waals surface area contributed by atoms with Crippen molar-refractivity contribution in [3.8, 4) is 0 Å². The van der Waals surface area contributed by atoms with Gasteiger partial charge in [0, 0.05) is 26.2 Å². The van der Waals surface area contributed by atoms with E-state index in [4.69, 9.17) is 4.74 Å². The first-order chi connectivity index (χ1) is 10.1. The molecule has 1 aliphatic heterocycles. The third-order valence-electron chi connectivity index (χ3n) is 3.10. The van der Waals surface area contributed by atoms with Gasteiger partial charge in [-0.25, -0.2) is 18.0 Å². The third-order valence-corrected chi connectivity index (χ3v) is 3.10. The second-order valence-electron chi connectivity index (χ2n) is 4.56. The number of hydrogen-bond acceptors (Lipinski definition) is 3. The lowest BCUT2D eigenvalue weighted by Gasteiger charge is -2.26. The Labute approximate surface area is 120 Å². The summed E-state index contributed by atoms with van der Waals surface area (Å²) in [6.07, 6.45) is 0. The van der Waals surface area contributed by atoms with E-state index in [9.17, 15) is 18.0 Å². The zero-order valence-corrected chi connectivity index (χ0v) is 11.3. The maximum atomic E-state index is 13.4. The second kappa shape index (κ2) is 7.28. The molecule has 0 atom stereocenters. The highest BCUT2D eigenvalue weighted by atomic mass is 19.2. The van der Waals surface area contributed by atoms with Crippen LogP contribution in [0, 0.1) is 17.5 Å². The van der Waals surface area contributed by atoms with Gasteiger partial charge in [0.25, 0.3) is 0 Å². The van der Waals surface area contributed by atoms with Crippen LogP contribution in [0.1, 0.15) is 0 Å². The maximum Gasteiger partial charge on any atom is 0.319 e. The Morgan fingerprint density at radius 2 is 1.90 bits per heavy atom. The van der Waals surface area contributed by atoms with Gasteiger partial charge in [0.15, 0.2) is 17.5 Å². The minimum Gasteiger partial charge on any atom is -0.379 e. The summed E-state index contributed by atoms with van der Waals surface area (Å²) in [6, 6.07) is 1.05. The number of rotatable bonds is 4. The topological polar surface area (TPSA) is 53.6 Å². The molecule has 0 saturated carbocycles. The van der Waals surface area contributed by atoms with Crippen molar-refractivity contribution in [1.29, 1.82) is 0 Å². The summed E-state index contributed by atoms with van der Waals surface area (Å²) in [4.78, 5) is 13.7. The molecule has 1 aliphatic rings. The number of morpholine rings is 1. The fourth-order valence-electron chi connectivity index (χ4n) is 1.94. The van der Waals surface area contributed by atoms with E-state index in [-0.39, 0.29) is 0 Å². The molecule has 1 saturated heterocycles. The molecule has 2 amide bonds. The number of carbonyl (C=O) groups excluding carboxylic acids is 1. The van der Waals surface area contributed by atoms with Gasteiger partial charge >= 0.3 is 6.03 Å². The molecule has 0 spiro atoms. The van der Waals surface area contributed by atoms with Crippen LogP contribution in [0.15, 0.2) is 12.1 Å². The standard InChI is InChI=1S/C13H16F3N3O2/c14-9-1-2-10(12(16)11(9)15)18-13(20)17-3-4-19-5-7-21-8-6-19/h1-2H,3-8H2,(H2,17,18,20). The average Bonchev–Trinajstić information content (AvgIpc) is 2.49. The van der Waals surface area contributed by atoms with E-state index in [0.29, 0.717) is 26.3 Å². The number of hydrogen-bond donors (Lipinski definition) is 2. The van der Waals surface area contributed by atoms with Crippen molar-refractivity contribution in [3.05, 3.63) is 29.6 Å². The predicted octanol–water partition coefficient (Wildman–Crippen LogP) is 1.56. The summed E-state index contributed by atoms with van der Waals surface area (Å²) >= 11 is 0. The lowest BCUT2D eigenvalue weighted by atomic mass is 10.3.